The molecule has 0 saturated carbocycles. The molecule has 0 saturated heterocycles. The van der Waals surface area contributed by atoms with E-state index in [-0.39, 0.29) is 11.3 Å². The third-order valence-electron chi connectivity index (χ3n) is 4.92. The normalized spacial score (nSPS) is 20.0. The summed E-state index contributed by atoms with van der Waals surface area (Å²) in [5, 5.41) is 7.14. The van der Waals surface area contributed by atoms with Crippen molar-refractivity contribution in [2.75, 3.05) is 0 Å². The molecule has 0 N–H and O–H groups in total. The molecule has 5 nitrogen and oxygen atoms in total. The first-order valence-electron chi connectivity index (χ1n) is 9.41. The molecule has 7 heteroatoms. The predicted molar refractivity (Wildman–Crippen MR) is 121 cm³/mol. The Bertz CT molecular complexity index is 1170. The molecule has 1 atom stereocenters. The van der Waals surface area contributed by atoms with E-state index in [1.807, 2.05) is 77.8 Å². The van der Waals surface area contributed by atoms with Gasteiger partial charge in [0, 0.05) is 11.4 Å². The standard InChI is InChI=1S/C23H16ClN3O2S/c24-17-10-8-16(9-11-17)20-14-19(15-5-2-1-3-6-15)26-27(20)22-21(30-23(28)25-22)13-18-7-4-12-29-18/h1-13,20H,14H2/b21-13-. The number of benzene rings is 2. The highest BCUT2D eigenvalue weighted by Crippen LogP contribution is 2.39. The van der Waals surface area contributed by atoms with E-state index in [0.29, 0.717) is 27.9 Å². The second-order valence-electron chi connectivity index (χ2n) is 6.86. The van der Waals surface area contributed by atoms with Crippen LogP contribution in [0, 0.1) is 0 Å². The summed E-state index contributed by atoms with van der Waals surface area (Å²) in [6.45, 7) is 0. The van der Waals surface area contributed by atoms with Gasteiger partial charge in [-0.3, -0.25) is 4.79 Å². The maximum Gasteiger partial charge on any atom is 0.311 e. The zero-order valence-corrected chi connectivity index (χ0v) is 17.3. The number of furan rings is 1. The molecule has 30 heavy (non-hydrogen) atoms. The molecule has 1 unspecified atom stereocenters. The number of hydrogen-bond acceptors (Lipinski definition) is 5. The summed E-state index contributed by atoms with van der Waals surface area (Å²) in [6, 6.07) is 21.3. The number of hydrazone groups is 1. The SMILES string of the molecule is O=C1N=C(N2N=C(c3ccccc3)CC2c2ccc(Cl)cc2)/C(=C/c2ccco2)S1. The van der Waals surface area contributed by atoms with E-state index in [4.69, 9.17) is 21.1 Å². The van der Waals surface area contributed by atoms with Gasteiger partial charge in [-0.1, -0.05) is 54.1 Å². The van der Waals surface area contributed by atoms with Gasteiger partial charge in [0.2, 0.25) is 0 Å². The molecule has 0 aliphatic carbocycles. The summed E-state index contributed by atoms with van der Waals surface area (Å²) in [4.78, 5) is 17.2. The molecule has 0 spiro atoms. The van der Waals surface area contributed by atoms with Crippen molar-refractivity contribution < 1.29 is 9.21 Å². The average Bonchev–Trinajstić information content (AvgIpc) is 3.50. The van der Waals surface area contributed by atoms with Gasteiger partial charge in [-0.05, 0) is 53.2 Å². The second-order valence-corrected chi connectivity index (χ2v) is 8.29. The van der Waals surface area contributed by atoms with Gasteiger partial charge in [0.15, 0.2) is 5.84 Å². The zero-order valence-electron chi connectivity index (χ0n) is 15.7. The molecular weight excluding hydrogens is 418 g/mol. The Kier molecular flexibility index (Phi) is 5.02. The van der Waals surface area contributed by atoms with E-state index in [0.717, 1.165) is 28.6 Å². The molecule has 0 radical (unpaired) electrons. The molecule has 2 aliphatic heterocycles. The van der Waals surface area contributed by atoms with Crippen LogP contribution in [0.3, 0.4) is 0 Å². The van der Waals surface area contributed by atoms with E-state index in [1.54, 1.807) is 6.26 Å². The fourth-order valence-corrected chi connectivity index (χ4v) is 4.37. The van der Waals surface area contributed by atoms with Crippen LogP contribution in [0.15, 0.2) is 92.4 Å². The summed E-state index contributed by atoms with van der Waals surface area (Å²) in [7, 11) is 0. The van der Waals surface area contributed by atoms with Gasteiger partial charge in [0.25, 0.3) is 0 Å². The number of rotatable bonds is 3. The molecule has 0 bridgehead atoms. The van der Waals surface area contributed by atoms with Gasteiger partial charge >= 0.3 is 5.24 Å². The minimum absolute atomic E-state index is 0.0947. The van der Waals surface area contributed by atoms with E-state index in [9.17, 15) is 4.79 Å². The maximum absolute atomic E-state index is 12.2. The number of aliphatic imine (C=N–C) groups is 1. The van der Waals surface area contributed by atoms with Crippen LogP contribution in [0.5, 0.6) is 0 Å². The van der Waals surface area contributed by atoms with Crippen LogP contribution in [0.1, 0.15) is 29.3 Å². The first kappa shape index (κ1) is 18.9. The third-order valence-corrected chi connectivity index (χ3v) is 5.96. The molecule has 1 aromatic heterocycles. The number of carbonyl (C=O) groups excluding carboxylic acids is 1. The molecule has 1 amide bonds. The Morgan fingerprint density at radius 2 is 1.87 bits per heavy atom. The number of thioether (sulfide) groups is 1. The highest BCUT2D eigenvalue weighted by atomic mass is 35.5. The lowest BCUT2D eigenvalue weighted by Crippen LogP contribution is -2.26. The smallest absolute Gasteiger partial charge is 0.311 e. The fraction of sp³-hybridized carbons (Fsp3) is 0.0870. The van der Waals surface area contributed by atoms with Crippen LogP contribution < -0.4 is 0 Å². The van der Waals surface area contributed by atoms with E-state index in [1.165, 1.54) is 0 Å². The van der Waals surface area contributed by atoms with Crippen molar-refractivity contribution in [3.63, 3.8) is 0 Å². The van der Waals surface area contributed by atoms with Crippen LogP contribution in [-0.2, 0) is 0 Å². The van der Waals surface area contributed by atoms with Gasteiger partial charge in [-0.2, -0.15) is 10.1 Å². The predicted octanol–water partition coefficient (Wildman–Crippen LogP) is 6.39. The molecular formula is C23H16ClN3O2S. The second kappa shape index (κ2) is 7.97. The van der Waals surface area contributed by atoms with Crippen molar-refractivity contribution in [1.82, 2.24) is 5.01 Å². The van der Waals surface area contributed by atoms with Crippen molar-refractivity contribution in [1.29, 1.82) is 0 Å². The Morgan fingerprint density at radius 1 is 1.07 bits per heavy atom. The van der Waals surface area contributed by atoms with Crippen LogP contribution in [0.2, 0.25) is 5.02 Å². The number of amides is 1. The first-order valence-corrected chi connectivity index (χ1v) is 10.6. The van der Waals surface area contributed by atoms with Crippen LogP contribution in [0.4, 0.5) is 4.79 Å². The molecule has 2 aromatic carbocycles. The van der Waals surface area contributed by atoms with E-state index in [2.05, 4.69) is 4.99 Å². The minimum Gasteiger partial charge on any atom is -0.465 e. The van der Waals surface area contributed by atoms with Gasteiger partial charge < -0.3 is 4.42 Å². The lowest BCUT2D eigenvalue weighted by Gasteiger charge is -2.23. The van der Waals surface area contributed by atoms with Gasteiger partial charge in [0.05, 0.1) is 22.9 Å². The molecule has 3 aromatic rings. The summed E-state index contributed by atoms with van der Waals surface area (Å²) >= 11 is 7.18. The van der Waals surface area contributed by atoms with Crippen molar-refractivity contribution >= 4 is 46.2 Å². The van der Waals surface area contributed by atoms with Gasteiger partial charge in [-0.25, -0.2) is 5.01 Å². The lowest BCUT2D eigenvalue weighted by atomic mass is 9.98. The monoisotopic (exact) mass is 433 g/mol. The van der Waals surface area contributed by atoms with Crippen LogP contribution in [0.25, 0.3) is 6.08 Å². The van der Waals surface area contributed by atoms with Gasteiger partial charge in [0.1, 0.15) is 5.76 Å². The number of amidine groups is 1. The Labute approximate surface area is 182 Å². The Balaban J connectivity index is 1.57. The molecule has 2 aliphatic rings. The summed E-state index contributed by atoms with van der Waals surface area (Å²) < 4.78 is 5.43. The van der Waals surface area contributed by atoms with Crippen LogP contribution in [-0.4, -0.2) is 21.8 Å². The fourth-order valence-electron chi connectivity index (χ4n) is 3.52. The summed E-state index contributed by atoms with van der Waals surface area (Å²) in [5.41, 5.74) is 3.05. The highest BCUT2D eigenvalue weighted by molar-refractivity contribution is 8.18. The van der Waals surface area contributed by atoms with Crippen molar-refractivity contribution in [2.24, 2.45) is 10.1 Å². The number of nitrogens with zero attached hydrogens (tertiary/aromatic N) is 3. The lowest BCUT2D eigenvalue weighted by molar-refractivity contribution is 0.267. The Hall–Kier alpha value is -3.09. The number of halogens is 1. The summed E-state index contributed by atoms with van der Waals surface area (Å²) in [5.74, 6) is 1.20. The quantitative estimate of drug-likeness (QED) is 0.480. The third kappa shape index (κ3) is 3.72. The number of hydrogen-bond donors (Lipinski definition) is 0. The molecule has 3 heterocycles. The van der Waals surface area contributed by atoms with E-state index < -0.39 is 0 Å². The topological polar surface area (TPSA) is 58.2 Å². The molecule has 0 fully saturated rings. The number of carbonyl (C=O) groups is 1. The first-order chi connectivity index (χ1) is 14.7. The maximum atomic E-state index is 12.2. The highest BCUT2D eigenvalue weighted by Gasteiger charge is 2.36. The average molecular weight is 434 g/mol. The molecule has 5 rings (SSSR count). The molecule has 148 valence electrons. The van der Waals surface area contributed by atoms with Gasteiger partial charge in [-0.15, -0.1) is 0 Å². The zero-order chi connectivity index (χ0) is 20.5. The summed E-state index contributed by atoms with van der Waals surface area (Å²) in [6.07, 6.45) is 4.11. The van der Waals surface area contributed by atoms with Crippen LogP contribution >= 0.6 is 23.4 Å². The largest absolute Gasteiger partial charge is 0.465 e. The van der Waals surface area contributed by atoms with E-state index >= 15 is 0 Å². The van der Waals surface area contributed by atoms with Crippen molar-refractivity contribution in [3.05, 3.63) is 99.8 Å². The minimum atomic E-state index is -0.263. The van der Waals surface area contributed by atoms with Crippen molar-refractivity contribution in [3.8, 4) is 0 Å². The Morgan fingerprint density at radius 3 is 2.60 bits per heavy atom. The van der Waals surface area contributed by atoms with Crippen molar-refractivity contribution in [2.45, 2.75) is 12.5 Å².